The second-order valence-corrected chi connectivity index (χ2v) is 18.6. The van der Waals surface area contributed by atoms with Crippen molar-refractivity contribution in [3.63, 3.8) is 0 Å². The molecule has 0 rings (SSSR count). The highest BCUT2D eigenvalue weighted by Gasteiger charge is 2.20. The van der Waals surface area contributed by atoms with Gasteiger partial charge in [-0.15, -0.1) is 0 Å². The second kappa shape index (κ2) is 33.9. The zero-order valence-corrected chi connectivity index (χ0v) is 40.0. The molecule has 0 aromatic carbocycles. The van der Waals surface area contributed by atoms with E-state index < -0.39 is 0 Å². The SMILES string of the molecule is CC/C=C\CC(=O)CC[N+](C)(C)CCCCCC[N+](C)(C)CNC(=O)C/C=C\CC.CC/C=C\CC(=O)CC[N+](C)(C)CCCC[N+](C)(C)CNC(=O)C/C=C\CC. The summed E-state index contributed by atoms with van der Waals surface area (Å²) in [7, 11) is 17.5. The van der Waals surface area contributed by atoms with Crippen molar-refractivity contribution in [1.82, 2.24) is 10.6 Å². The fourth-order valence-electron chi connectivity index (χ4n) is 6.18. The average molecular weight is 819 g/mol. The number of ketones is 2. The first-order valence-electron chi connectivity index (χ1n) is 22.7. The summed E-state index contributed by atoms with van der Waals surface area (Å²) in [5.74, 6) is 0.871. The molecule has 58 heavy (non-hydrogen) atoms. The van der Waals surface area contributed by atoms with Crippen LogP contribution in [-0.2, 0) is 19.2 Å². The Morgan fingerprint density at radius 3 is 0.948 bits per heavy atom. The van der Waals surface area contributed by atoms with Crippen LogP contribution in [0.3, 0.4) is 0 Å². The molecular weight excluding hydrogens is 725 g/mol. The number of allylic oxidation sites excluding steroid dienone is 6. The van der Waals surface area contributed by atoms with Gasteiger partial charge >= 0.3 is 0 Å². The number of hydrogen-bond acceptors (Lipinski definition) is 4. The van der Waals surface area contributed by atoms with E-state index in [1.165, 1.54) is 25.7 Å². The number of unbranched alkanes of at least 4 members (excludes halogenated alkanes) is 4. The summed E-state index contributed by atoms with van der Waals surface area (Å²) >= 11 is 0. The Kier molecular flexibility index (Phi) is 33.4. The van der Waals surface area contributed by atoms with Crippen LogP contribution in [0.1, 0.15) is 130 Å². The number of rotatable bonds is 34. The summed E-state index contributed by atoms with van der Waals surface area (Å²) in [6.45, 7) is 15.8. The van der Waals surface area contributed by atoms with E-state index in [2.05, 4.69) is 107 Å². The number of nitrogens with zero attached hydrogens (tertiary/aromatic N) is 4. The Hall–Kier alpha value is -2.92. The Balaban J connectivity index is 0. The lowest BCUT2D eigenvalue weighted by Crippen LogP contribution is -2.49. The highest BCUT2D eigenvalue weighted by Crippen LogP contribution is 2.10. The molecule has 0 bridgehead atoms. The van der Waals surface area contributed by atoms with Crippen LogP contribution in [0, 0.1) is 0 Å². The maximum absolute atomic E-state index is 11.9. The third-order valence-corrected chi connectivity index (χ3v) is 10.4. The summed E-state index contributed by atoms with van der Waals surface area (Å²) < 4.78 is 3.42. The van der Waals surface area contributed by atoms with E-state index in [1.807, 2.05) is 36.5 Å². The Bertz CT molecular complexity index is 1140. The van der Waals surface area contributed by atoms with Gasteiger partial charge in [0.05, 0.1) is 108 Å². The minimum atomic E-state index is 0.0900. The minimum absolute atomic E-state index is 0.0900. The van der Waals surface area contributed by atoms with Crippen molar-refractivity contribution < 1.29 is 37.1 Å². The van der Waals surface area contributed by atoms with Crippen molar-refractivity contribution in [2.24, 2.45) is 0 Å². The van der Waals surface area contributed by atoms with Crippen LogP contribution < -0.4 is 10.6 Å². The van der Waals surface area contributed by atoms with E-state index in [4.69, 9.17) is 0 Å². The van der Waals surface area contributed by atoms with Gasteiger partial charge in [0.15, 0.2) is 13.3 Å². The topological polar surface area (TPSA) is 92.3 Å². The molecule has 0 aliphatic carbocycles. The van der Waals surface area contributed by atoms with E-state index in [1.54, 1.807) is 0 Å². The molecule has 0 spiro atoms. The number of Topliss-reactive ketones (excluding diaryl/α,β-unsaturated/α-hetero) is 2. The van der Waals surface area contributed by atoms with Crippen LogP contribution in [-0.4, -0.2) is 150 Å². The molecule has 0 aromatic rings. The minimum Gasteiger partial charge on any atom is -0.328 e. The van der Waals surface area contributed by atoms with Crippen molar-refractivity contribution in [2.75, 3.05) is 109 Å². The lowest BCUT2D eigenvalue weighted by Gasteiger charge is -2.32. The van der Waals surface area contributed by atoms with Crippen LogP contribution in [0.4, 0.5) is 0 Å². The van der Waals surface area contributed by atoms with Gasteiger partial charge in [0, 0.05) is 38.5 Å². The molecule has 0 aliphatic heterocycles. The number of hydrogen-bond donors (Lipinski definition) is 2. The molecule has 2 N–H and O–H groups in total. The zero-order chi connectivity index (χ0) is 44.4. The molecule has 0 aliphatic rings. The third-order valence-electron chi connectivity index (χ3n) is 10.4. The molecule has 0 atom stereocenters. The predicted octanol–water partition coefficient (Wildman–Crippen LogP) is 8.11. The second-order valence-electron chi connectivity index (χ2n) is 18.6. The van der Waals surface area contributed by atoms with Crippen LogP contribution in [0.2, 0.25) is 0 Å². The standard InChI is InChI=1S/C25H48N3O2.C23H44N3O2/c1-7-9-13-17-24(29)19-22-27(3,4)20-15-11-12-16-21-28(5,6)23-26-25(30)18-14-10-8-2;1-7-9-11-15-22(27)17-20-25(3,4)18-13-14-19-26(5,6)21-24-23(28)16-12-10-8-2/h9-10,13-14H,7-8,11-12,15-23H2,1-6H3;9-12H,7-8,13-21H2,1-6H3/q2*+1/p+2/b13-9-,14-10-;11-9-,12-10-. The van der Waals surface area contributed by atoms with Crippen molar-refractivity contribution in [3.8, 4) is 0 Å². The molecule has 0 saturated carbocycles. The van der Waals surface area contributed by atoms with E-state index in [0.717, 1.165) is 95.7 Å². The van der Waals surface area contributed by atoms with Gasteiger partial charge in [0.2, 0.25) is 11.8 Å². The fourth-order valence-corrected chi connectivity index (χ4v) is 6.18. The normalized spacial score (nSPS) is 12.8. The molecule has 0 unspecified atom stereocenters. The quantitative estimate of drug-likeness (QED) is 0.0297. The number of carbonyl (C=O) groups excluding carboxylic acids is 4. The van der Waals surface area contributed by atoms with E-state index in [0.29, 0.717) is 63.4 Å². The highest BCUT2D eigenvalue weighted by atomic mass is 16.2. The largest absolute Gasteiger partial charge is 0.328 e. The Labute approximate surface area is 358 Å². The molecule has 0 radical (unpaired) electrons. The van der Waals surface area contributed by atoms with Gasteiger partial charge in [-0.25, -0.2) is 0 Å². The van der Waals surface area contributed by atoms with Crippen LogP contribution >= 0.6 is 0 Å². The highest BCUT2D eigenvalue weighted by molar-refractivity contribution is 5.80. The Morgan fingerprint density at radius 1 is 0.362 bits per heavy atom. The molecule has 10 heteroatoms. The zero-order valence-electron chi connectivity index (χ0n) is 40.0. The number of carbonyl (C=O) groups is 4. The monoisotopic (exact) mass is 819 g/mol. The summed E-state index contributed by atoms with van der Waals surface area (Å²) in [5, 5.41) is 6.07. The fraction of sp³-hybridized carbons (Fsp3) is 0.750. The molecule has 0 heterocycles. The van der Waals surface area contributed by atoms with Crippen molar-refractivity contribution >= 4 is 23.4 Å². The molecular formula is C48H94N6O4+4. The summed E-state index contributed by atoms with van der Waals surface area (Å²) in [4.78, 5) is 47.5. The molecule has 336 valence electrons. The first-order chi connectivity index (χ1) is 27.2. The van der Waals surface area contributed by atoms with Gasteiger partial charge in [0.25, 0.3) is 0 Å². The van der Waals surface area contributed by atoms with E-state index >= 15 is 0 Å². The maximum atomic E-state index is 11.9. The van der Waals surface area contributed by atoms with Crippen molar-refractivity contribution in [3.05, 3.63) is 48.6 Å². The van der Waals surface area contributed by atoms with E-state index in [9.17, 15) is 19.2 Å². The molecule has 0 saturated heterocycles. The van der Waals surface area contributed by atoms with Gasteiger partial charge in [-0.2, -0.15) is 0 Å². The van der Waals surface area contributed by atoms with Gasteiger partial charge in [-0.05, 0) is 51.4 Å². The number of quaternary nitrogens is 4. The maximum Gasteiger partial charge on any atom is 0.228 e. The lowest BCUT2D eigenvalue weighted by atomic mass is 10.1. The first kappa shape index (κ1) is 57.2. The predicted molar refractivity (Wildman–Crippen MR) is 247 cm³/mol. The number of amides is 2. The lowest BCUT2D eigenvalue weighted by molar-refractivity contribution is -0.897. The Morgan fingerprint density at radius 2 is 0.638 bits per heavy atom. The van der Waals surface area contributed by atoms with Gasteiger partial charge < -0.3 is 28.6 Å². The summed E-state index contributed by atoms with van der Waals surface area (Å²) in [5.41, 5.74) is 0. The molecule has 2 amide bonds. The molecule has 0 fully saturated rings. The molecule has 10 nitrogen and oxygen atoms in total. The summed E-state index contributed by atoms with van der Waals surface area (Å²) in [6, 6.07) is 0. The van der Waals surface area contributed by atoms with Crippen molar-refractivity contribution in [2.45, 2.75) is 130 Å². The van der Waals surface area contributed by atoms with Crippen LogP contribution in [0.15, 0.2) is 48.6 Å². The van der Waals surface area contributed by atoms with Gasteiger partial charge in [0.1, 0.15) is 11.6 Å². The summed E-state index contributed by atoms with van der Waals surface area (Å²) in [6.07, 6.45) is 30.4. The van der Waals surface area contributed by atoms with Crippen molar-refractivity contribution in [1.29, 1.82) is 0 Å². The van der Waals surface area contributed by atoms with Crippen LogP contribution in [0.5, 0.6) is 0 Å². The smallest absolute Gasteiger partial charge is 0.228 e. The van der Waals surface area contributed by atoms with Crippen LogP contribution in [0.25, 0.3) is 0 Å². The van der Waals surface area contributed by atoms with E-state index in [-0.39, 0.29) is 11.8 Å². The average Bonchev–Trinajstić information content (AvgIpc) is 3.15. The first-order valence-corrected chi connectivity index (χ1v) is 22.7. The number of nitrogens with one attached hydrogen (secondary N) is 2. The molecule has 0 aromatic heterocycles. The van der Waals surface area contributed by atoms with Gasteiger partial charge in [-0.3, -0.25) is 19.2 Å². The third kappa shape index (κ3) is 38.6. The van der Waals surface area contributed by atoms with Gasteiger partial charge in [-0.1, -0.05) is 76.3 Å².